The fourth-order valence-electron chi connectivity index (χ4n) is 2.89. The van der Waals surface area contributed by atoms with Gasteiger partial charge in [0.2, 0.25) is 0 Å². The van der Waals surface area contributed by atoms with Crippen LogP contribution in [0.5, 0.6) is 0 Å². The third kappa shape index (κ3) is 2.01. The Hall–Kier alpha value is -0.610. The normalized spacial score (nSPS) is 44.9. The van der Waals surface area contributed by atoms with Crippen molar-refractivity contribution in [1.82, 2.24) is 0 Å². The summed E-state index contributed by atoms with van der Waals surface area (Å²) in [6.45, 7) is 3.05. The molecule has 0 aromatic rings. The first-order valence-corrected chi connectivity index (χ1v) is 5.53. The van der Waals surface area contributed by atoms with Crippen LogP contribution in [-0.2, 0) is 14.3 Å². The zero-order valence-electron chi connectivity index (χ0n) is 9.28. The minimum atomic E-state index is -1.15. The minimum Gasteiger partial charge on any atom is -0.456 e. The fraction of sp³-hybridized carbons (Fsp3) is 0.909. The maximum absolute atomic E-state index is 11.1. The average molecular weight is 214 g/mol. The number of hydrogen-bond donors (Lipinski definition) is 1. The molecule has 2 rings (SSSR count). The highest BCUT2D eigenvalue weighted by atomic mass is 16.7. The number of rotatable bonds is 1. The molecule has 15 heavy (non-hydrogen) atoms. The van der Waals surface area contributed by atoms with E-state index in [1.165, 1.54) is 6.92 Å². The van der Waals surface area contributed by atoms with Gasteiger partial charge in [0.1, 0.15) is 11.7 Å². The number of carbonyl (C=O) groups is 1. The first-order chi connectivity index (χ1) is 6.94. The van der Waals surface area contributed by atoms with E-state index in [4.69, 9.17) is 9.47 Å². The van der Waals surface area contributed by atoms with Gasteiger partial charge < -0.3 is 14.6 Å². The first kappa shape index (κ1) is 10.9. The predicted molar refractivity (Wildman–Crippen MR) is 53.1 cm³/mol. The molecule has 0 aromatic heterocycles. The van der Waals surface area contributed by atoms with Crippen molar-refractivity contribution in [3.63, 3.8) is 0 Å². The van der Waals surface area contributed by atoms with E-state index in [2.05, 4.69) is 0 Å². The Kier molecular flexibility index (Phi) is 2.51. The summed E-state index contributed by atoms with van der Waals surface area (Å²) in [6.07, 6.45) is 4.03. The Morgan fingerprint density at radius 3 is 2.93 bits per heavy atom. The second kappa shape index (κ2) is 3.46. The van der Waals surface area contributed by atoms with Crippen LogP contribution < -0.4 is 0 Å². The lowest BCUT2D eigenvalue weighted by molar-refractivity contribution is -0.189. The standard InChI is InChI=1S/C11H18O4/c1-8(12)14-11-6-4-3-5-9(11)15-10(2,13)7-11/h9,13H,3-7H2,1-2H3. The monoisotopic (exact) mass is 214 g/mol. The topological polar surface area (TPSA) is 55.8 Å². The van der Waals surface area contributed by atoms with E-state index in [0.29, 0.717) is 6.42 Å². The molecule has 0 radical (unpaired) electrons. The maximum atomic E-state index is 11.1. The largest absolute Gasteiger partial charge is 0.456 e. The van der Waals surface area contributed by atoms with Gasteiger partial charge in [0.05, 0.1) is 0 Å². The molecule has 0 amide bonds. The van der Waals surface area contributed by atoms with Gasteiger partial charge in [-0.2, -0.15) is 0 Å². The second-order valence-electron chi connectivity index (χ2n) is 4.86. The molecule has 3 unspecified atom stereocenters. The average Bonchev–Trinajstić information content (AvgIpc) is 2.32. The smallest absolute Gasteiger partial charge is 0.303 e. The molecular weight excluding hydrogens is 196 g/mol. The molecular formula is C11H18O4. The summed E-state index contributed by atoms with van der Waals surface area (Å²) in [4.78, 5) is 11.1. The number of fused-ring (bicyclic) bond motifs is 1. The number of esters is 1. The zero-order valence-corrected chi connectivity index (χ0v) is 9.28. The quantitative estimate of drug-likeness (QED) is 0.670. The molecule has 4 heteroatoms. The predicted octanol–water partition coefficient (Wildman–Crippen LogP) is 1.36. The number of hydrogen-bond acceptors (Lipinski definition) is 4. The van der Waals surface area contributed by atoms with Gasteiger partial charge in [-0.15, -0.1) is 0 Å². The Balaban J connectivity index is 2.20. The van der Waals surface area contributed by atoms with Gasteiger partial charge >= 0.3 is 5.97 Å². The lowest BCUT2D eigenvalue weighted by atomic mass is 9.80. The van der Waals surface area contributed by atoms with Gasteiger partial charge in [-0.05, 0) is 26.2 Å². The molecule has 4 nitrogen and oxygen atoms in total. The first-order valence-electron chi connectivity index (χ1n) is 5.53. The van der Waals surface area contributed by atoms with Crippen molar-refractivity contribution < 1.29 is 19.4 Å². The van der Waals surface area contributed by atoms with Crippen molar-refractivity contribution in [2.75, 3.05) is 0 Å². The van der Waals surface area contributed by atoms with Crippen molar-refractivity contribution >= 4 is 5.97 Å². The van der Waals surface area contributed by atoms with Crippen LogP contribution in [0.3, 0.4) is 0 Å². The van der Waals surface area contributed by atoms with Crippen molar-refractivity contribution in [3.8, 4) is 0 Å². The number of aliphatic hydroxyl groups is 1. The van der Waals surface area contributed by atoms with E-state index in [1.807, 2.05) is 0 Å². The van der Waals surface area contributed by atoms with Gasteiger partial charge in [0.25, 0.3) is 0 Å². The van der Waals surface area contributed by atoms with Crippen molar-refractivity contribution in [3.05, 3.63) is 0 Å². The highest BCUT2D eigenvalue weighted by Gasteiger charge is 2.56. The fourth-order valence-corrected chi connectivity index (χ4v) is 2.89. The van der Waals surface area contributed by atoms with Crippen LogP contribution in [-0.4, -0.2) is 28.6 Å². The molecule has 2 fully saturated rings. The van der Waals surface area contributed by atoms with Crippen molar-refractivity contribution in [2.45, 2.75) is 63.4 Å². The highest BCUT2D eigenvalue weighted by molar-refractivity contribution is 5.66. The summed E-state index contributed by atoms with van der Waals surface area (Å²) in [5.74, 6) is -1.44. The molecule has 86 valence electrons. The Morgan fingerprint density at radius 2 is 2.27 bits per heavy atom. The minimum absolute atomic E-state index is 0.134. The van der Waals surface area contributed by atoms with Gasteiger partial charge in [-0.1, -0.05) is 6.42 Å². The van der Waals surface area contributed by atoms with Crippen LogP contribution in [0.4, 0.5) is 0 Å². The van der Waals surface area contributed by atoms with Gasteiger partial charge in [0, 0.05) is 13.3 Å². The third-order valence-corrected chi connectivity index (χ3v) is 3.27. The SMILES string of the molecule is CC(=O)OC12CCCCC1OC(C)(O)C2. The third-order valence-electron chi connectivity index (χ3n) is 3.27. The molecule has 1 aliphatic heterocycles. The van der Waals surface area contributed by atoms with Gasteiger partial charge in [-0.3, -0.25) is 4.79 Å². The summed E-state index contributed by atoms with van der Waals surface area (Å²) in [7, 11) is 0. The molecule has 2 aliphatic rings. The Bertz CT molecular complexity index is 274. The molecule has 0 aromatic carbocycles. The highest BCUT2D eigenvalue weighted by Crippen LogP contribution is 2.47. The summed E-state index contributed by atoms with van der Waals surface area (Å²) < 4.78 is 10.9. The lowest BCUT2D eigenvalue weighted by Crippen LogP contribution is -2.44. The molecule has 1 saturated carbocycles. The van der Waals surface area contributed by atoms with E-state index >= 15 is 0 Å². The summed E-state index contributed by atoms with van der Waals surface area (Å²) in [5, 5.41) is 9.89. The summed E-state index contributed by atoms with van der Waals surface area (Å²) in [6, 6.07) is 0. The van der Waals surface area contributed by atoms with E-state index in [9.17, 15) is 9.90 Å². The van der Waals surface area contributed by atoms with Crippen molar-refractivity contribution in [1.29, 1.82) is 0 Å². The van der Waals surface area contributed by atoms with Crippen LogP contribution in [0.2, 0.25) is 0 Å². The number of carbonyl (C=O) groups excluding carboxylic acids is 1. The van der Waals surface area contributed by atoms with Crippen LogP contribution in [0.1, 0.15) is 46.0 Å². The van der Waals surface area contributed by atoms with Gasteiger partial charge in [-0.25, -0.2) is 0 Å². The lowest BCUT2D eigenvalue weighted by Gasteiger charge is -2.36. The molecule has 1 N–H and O–H groups in total. The van der Waals surface area contributed by atoms with Crippen molar-refractivity contribution in [2.24, 2.45) is 0 Å². The molecule has 3 atom stereocenters. The van der Waals surface area contributed by atoms with Crippen LogP contribution in [0, 0.1) is 0 Å². The molecule has 0 bridgehead atoms. The molecule has 1 aliphatic carbocycles. The number of ether oxygens (including phenoxy) is 2. The second-order valence-corrected chi connectivity index (χ2v) is 4.86. The zero-order chi connectivity index (χ0) is 11.1. The van der Waals surface area contributed by atoms with Crippen LogP contribution in [0.25, 0.3) is 0 Å². The Labute approximate surface area is 89.6 Å². The van der Waals surface area contributed by atoms with E-state index in [0.717, 1.165) is 25.7 Å². The maximum Gasteiger partial charge on any atom is 0.303 e. The molecule has 0 spiro atoms. The Morgan fingerprint density at radius 1 is 1.53 bits per heavy atom. The summed E-state index contributed by atoms with van der Waals surface area (Å²) in [5.41, 5.74) is -0.576. The summed E-state index contributed by atoms with van der Waals surface area (Å²) >= 11 is 0. The van der Waals surface area contributed by atoms with E-state index in [1.54, 1.807) is 6.92 Å². The molecule has 1 saturated heterocycles. The van der Waals surface area contributed by atoms with Crippen LogP contribution in [0.15, 0.2) is 0 Å². The van der Waals surface area contributed by atoms with E-state index < -0.39 is 11.4 Å². The van der Waals surface area contributed by atoms with E-state index in [-0.39, 0.29) is 12.1 Å². The molecule has 1 heterocycles. The van der Waals surface area contributed by atoms with Crippen LogP contribution >= 0.6 is 0 Å². The van der Waals surface area contributed by atoms with Gasteiger partial charge in [0.15, 0.2) is 5.79 Å².